The van der Waals surface area contributed by atoms with E-state index in [0.29, 0.717) is 12.5 Å². The number of ether oxygens (including phenoxy) is 2. The fourth-order valence-corrected chi connectivity index (χ4v) is 3.60. The van der Waals surface area contributed by atoms with E-state index in [2.05, 4.69) is 44.3 Å². The Morgan fingerprint density at radius 2 is 1.96 bits per heavy atom. The van der Waals surface area contributed by atoms with Gasteiger partial charge in [0.05, 0.1) is 14.2 Å². The summed E-state index contributed by atoms with van der Waals surface area (Å²) in [6.45, 7) is 1.65. The number of methoxy groups -OCH3 is 2. The second-order valence-electron chi connectivity index (χ2n) is 6.79. The van der Waals surface area contributed by atoms with Gasteiger partial charge in [0.15, 0.2) is 0 Å². The van der Waals surface area contributed by atoms with E-state index in [0.717, 1.165) is 48.0 Å². The fraction of sp³-hybridized carbons (Fsp3) is 0.333. The molecule has 0 saturated carbocycles. The predicted octanol–water partition coefficient (Wildman–Crippen LogP) is 3.64. The highest BCUT2D eigenvalue weighted by Gasteiger charge is 2.20. The van der Waals surface area contributed by atoms with Gasteiger partial charge in [0, 0.05) is 42.7 Å². The maximum Gasteiger partial charge on any atom is 0.132 e. The van der Waals surface area contributed by atoms with Gasteiger partial charge in [0.1, 0.15) is 23.7 Å². The van der Waals surface area contributed by atoms with E-state index in [9.17, 15) is 0 Å². The lowest BCUT2D eigenvalue weighted by atomic mass is 9.91. The highest BCUT2D eigenvalue weighted by Crippen LogP contribution is 2.29. The van der Waals surface area contributed by atoms with Crippen LogP contribution in [0.5, 0.6) is 11.5 Å². The summed E-state index contributed by atoms with van der Waals surface area (Å²) < 4.78 is 12.9. The lowest BCUT2D eigenvalue weighted by Crippen LogP contribution is -2.18. The molecule has 6 nitrogen and oxygen atoms in total. The van der Waals surface area contributed by atoms with Crippen LogP contribution in [-0.4, -0.2) is 29.0 Å². The zero-order chi connectivity index (χ0) is 18.6. The number of aryl methyl sites for hydroxylation is 1. The number of nitrogens with zero attached hydrogens (tertiary/aromatic N) is 3. The summed E-state index contributed by atoms with van der Waals surface area (Å²) in [5.41, 5.74) is 3.55. The Morgan fingerprint density at radius 1 is 1.11 bits per heavy atom. The van der Waals surface area contributed by atoms with Gasteiger partial charge in [0.2, 0.25) is 0 Å². The maximum absolute atomic E-state index is 5.46. The second-order valence-corrected chi connectivity index (χ2v) is 6.79. The molecule has 1 N–H and O–H groups in total. The molecule has 0 unspecified atom stereocenters. The van der Waals surface area contributed by atoms with Crippen LogP contribution in [0.1, 0.15) is 29.3 Å². The molecule has 140 valence electrons. The molecule has 4 rings (SSSR count). The van der Waals surface area contributed by atoms with Crippen molar-refractivity contribution in [2.24, 2.45) is 0 Å². The van der Waals surface area contributed by atoms with E-state index in [1.807, 2.05) is 24.5 Å². The first kappa shape index (κ1) is 17.4. The van der Waals surface area contributed by atoms with Gasteiger partial charge in [-0.1, -0.05) is 12.1 Å². The SMILES string of the molecule is COc1ccc(CNc2ccc([C@@H]3CCc4nncn4C3)cc2)c(OC)c1. The number of nitrogens with one attached hydrogen (secondary N) is 1. The van der Waals surface area contributed by atoms with Crippen molar-refractivity contribution in [3.05, 3.63) is 65.7 Å². The maximum atomic E-state index is 5.46. The van der Waals surface area contributed by atoms with Crippen LogP contribution in [0.4, 0.5) is 5.69 Å². The molecule has 1 aliphatic heterocycles. The van der Waals surface area contributed by atoms with Gasteiger partial charge in [-0.25, -0.2) is 0 Å². The first-order valence-electron chi connectivity index (χ1n) is 9.18. The third-order valence-corrected chi connectivity index (χ3v) is 5.19. The average Bonchev–Trinajstić information content (AvgIpc) is 3.20. The summed E-state index contributed by atoms with van der Waals surface area (Å²) in [4.78, 5) is 0. The minimum absolute atomic E-state index is 0.518. The zero-order valence-corrected chi connectivity index (χ0v) is 15.7. The van der Waals surface area contributed by atoms with Gasteiger partial charge in [0.25, 0.3) is 0 Å². The van der Waals surface area contributed by atoms with Gasteiger partial charge in [-0.15, -0.1) is 10.2 Å². The molecule has 1 aromatic heterocycles. The monoisotopic (exact) mass is 364 g/mol. The van der Waals surface area contributed by atoms with Crippen molar-refractivity contribution in [1.29, 1.82) is 0 Å². The Morgan fingerprint density at radius 3 is 2.74 bits per heavy atom. The molecule has 0 fully saturated rings. The number of rotatable bonds is 6. The number of benzene rings is 2. The summed E-state index contributed by atoms with van der Waals surface area (Å²) in [5.74, 6) is 3.23. The molecule has 1 atom stereocenters. The third-order valence-electron chi connectivity index (χ3n) is 5.19. The average molecular weight is 364 g/mol. The Hall–Kier alpha value is -3.02. The Labute approximate surface area is 159 Å². The molecule has 0 radical (unpaired) electrons. The van der Waals surface area contributed by atoms with E-state index < -0.39 is 0 Å². The predicted molar refractivity (Wildman–Crippen MR) is 104 cm³/mol. The standard InChI is InChI=1S/C21H24N4O2/c1-26-19-9-5-16(20(11-19)27-2)12-22-18-7-3-15(4-8-18)17-6-10-21-24-23-14-25(21)13-17/h3-5,7-9,11,14,17,22H,6,10,12-13H2,1-2H3/t17-/m1/s1. The van der Waals surface area contributed by atoms with Crippen LogP contribution in [-0.2, 0) is 19.5 Å². The summed E-state index contributed by atoms with van der Waals surface area (Å²) in [6.07, 6.45) is 3.94. The van der Waals surface area contributed by atoms with Crippen LogP contribution in [0.25, 0.3) is 0 Å². The molecule has 2 heterocycles. The van der Waals surface area contributed by atoms with Crippen molar-refractivity contribution in [3.63, 3.8) is 0 Å². The fourth-order valence-electron chi connectivity index (χ4n) is 3.60. The highest BCUT2D eigenvalue weighted by atomic mass is 16.5. The topological polar surface area (TPSA) is 61.2 Å². The van der Waals surface area contributed by atoms with Crippen molar-refractivity contribution in [3.8, 4) is 11.5 Å². The first-order valence-corrected chi connectivity index (χ1v) is 9.18. The Balaban J connectivity index is 1.40. The molecule has 0 amide bonds. The van der Waals surface area contributed by atoms with Gasteiger partial charge in [-0.2, -0.15) is 0 Å². The van der Waals surface area contributed by atoms with Gasteiger partial charge < -0.3 is 19.4 Å². The lowest BCUT2D eigenvalue weighted by Gasteiger charge is -2.23. The van der Waals surface area contributed by atoms with Crippen LogP contribution in [0.15, 0.2) is 48.8 Å². The highest BCUT2D eigenvalue weighted by molar-refractivity contribution is 5.48. The van der Waals surface area contributed by atoms with Crippen LogP contribution in [0, 0.1) is 0 Å². The van der Waals surface area contributed by atoms with Crippen LogP contribution in [0.3, 0.4) is 0 Å². The smallest absolute Gasteiger partial charge is 0.132 e. The molecule has 0 bridgehead atoms. The Kier molecular flexibility index (Phi) is 4.96. The molecule has 0 saturated heterocycles. The normalized spacial score (nSPS) is 15.9. The lowest BCUT2D eigenvalue weighted by molar-refractivity contribution is 0.391. The molecule has 3 aromatic rings. The number of hydrogen-bond donors (Lipinski definition) is 1. The minimum Gasteiger partial charge on any atom is -0.497 e. The molecular weight excluding hydrogens is 340 g/mol. The van der Waals surface area contributed by atoms with Crippen LogP contribution >= 0.6 is 0 Å². The van der Waals surface area contributed by atoms with Crippen molar-refractivity contribution in [2.45, 2.75) is 31.8 Å². The van der Waals surface area contributed by atoms with E-state index in [1.54, 1.807) is 14.2 Å². The number of fused-ring (bicyclic) bond motifs is 1. The third kappa shape index (κ3) is 3.74. The van der Waals surface area contributed by atoms with E-state index >= 15 is 0 Å². The van der Waals surface area contributed by atoms with Crippen LogP contribution < -0.4 is 14.8 Å². The summed E-state index contributed by atoms with van der Waals surface area (Å²) in [7, 11) is 3.34. The number of anilines is 1. The molecule has 6 heteroatoms. The largest absolute Gasteiger partial charge is 0.497 e. The Bertz CT molecular complexity index is 905. The van der Waals surface area contributed by atoms with E-state index in [-0.39, 0.29) is 0 Å². The molecule has 1 aliphatic rings. The van der Waals surface area contributed by atoms with Crippen molar-refractivity contribution >= 4 is 5.69 Å². The number of hydrogen-bond acceptors (Lipinski definition) is 5. The number of aromatic nitrogens is 3. The molecule has 2 aromatic carbocycles. The van der Waals surface area contributed by atoms with Crippen molar-refractivity contribution < 1.29 is 9.47 Å². The quantitative estimate of drug-likeness (QED) is 0.724. The summed E-state index contributed by atoms with van der Waals surface area (Å²) >= 11 is 0. The van der Waals surface area contributed by atoms with Crippen molar-refractivity contribution in [2.75, 3.05) is 19.5 Å². The van der Waals surface area contributed by atoms with E-state index in [4.69, 9.17) is 9.47 Å². The molecule has 0 aliphatic carbocycles. The second kappa shape index (κ2) is 7.70. The van der Waals surface area contributed by atoms with Crippen molar-refractivity contribution in [1.82, 2.24) is 14.8 Å². The first-order chi connectivity index (χ1) is 13.3. The zero-order valence-electron chi connectivity index (χ0n) is 15.7. The molecule has 27 heavy (non-hydrogen) atoms. The summed E-state index contributed by atoms with van der Waals surface area (Å²) in [5, 5.41) is 11.6. The van der Waals surface area contributed by atoms with Gasteiger partial charge in [-0.3, -0.25) is 0 Å². The van der Waals surface area contributed by atoms with E-state index in [1.165, 1.54) is 5.56 Å². The van der Waals surface area contributed by atoms with Gasteiger partial charge in [-0.05, 0) is 36.2 Å². The van der Waals surface area contributed by atoms with Gasteiger partial charge >= 0.3 is 0 Å². The molecular formula is C21H24N4O2. The van der Waals surface area contributed by atoms with Crippen LogP contribution in [0.2, 0.25) is 0 Å². The minimum atomic E-state index is 0.518. The summed E-state index contributed by atoms with van der Waals surface area (Å²) in [6, 6.07) is 14.6. The molecule has 0 spiro atoms.